The van der Waals surface area contributed by atoms with E-state index < -0.39 is 0 Å². The van der Waals surface area contributed by atoms with E-state index in [2.05, 4.69) is 20.4 Å². The van der Waals surface area contributed by atoms with Gasteiger partial charge >= 0.3 is 0 Å². The van der Waals surface area contributed by atoms with Crippen molar-refractivity contribution in [3.05, 3.63) is 12.2 Å². The average Bonchev–Trinajstić information content (AvgIpc) is 1.98. The molecule has 0 aliphatic rings. The van der Waals surface area contributed by atoms with Crippen LogP contribution in [0.4, 0.5) is 0 Å². The summed E-state index contributed by atoms with van der Waals surface area (Å²) in [5, 5.41) is 0. The molecule has 0 aromatic heterocycles. The van der Waals surface area contributed by atoms with Gasteiger partial charge in [-0.1, -0.05) is 26.3 Å². The Labute approximate surface area is 82.2 Å². The van der Waals surface area contributed by atoms with Gasteiger partial charge in [-0.05, 0) is 25.7 Å². The smallest absolute Gasteiger partial charge is 0.135 e. The fraction of sp³-hybridized carbons (Fsp3) is 0.750. The van der Waals surface area contributed by atoms with Crippen LogP contribution in [0.25, 0.3) is 0 Å². The van der Waals surface area contributed by atoms with Gasteiger partial charge in [-0.2, -0.15) is 0 Å². The van der Waals surface area contributed by atoms with E-state index in [-0.39, 0.29) is 5.92 Å². The maximum atomic E-state index is 11.5. The van der Waals surface area contributed by atoms with Gasteiger partial charge < -0.3 is 0 Å². The van der Waals surface area contributed by atoms with E-state index in [1.807, 2.05) is 13.8 Å². The molecule has 0 aromatic rings. The molecule has 1 atom stereocenters. The highest BCUT2D eigenvalue weighted by Gasteiger charge is 2.13. The van der Waals surface area contributed by atoms with Crippen molar-refractivity contribution in [1.29, 1.82) is 0 Å². The van der Waals surface area contributed by atoms with Gasteiger partial charge in [0, 0.05) is 12.3 Å². The third-order valence-corrected chi connectivity index (χ3v) is 2.16. The number of hydrogen-bond donors (Lipinski definition) is 0. The number of carbonyl (C=O) groups excluding carboxylic acids is 1. The first-order chi connectivity index (χ1) is 5.93. The van der Waals surface area contributed by atoms with Crippen molar-refractivity contribution in [2.75, 3.05) is 0 Å². The summed E-state index contributed by atoms with van der Waals surface area (Å²) in [6.07, 6.45) is 2.66. The van der Waals surface area contributed by atoms with Crippen LogP contribution in [0.15, 0.2) is 12.2 Å². The first kappa shape index (κ1) is 12.4. The molecule has 0 aromatic carbocycles. The van der Waals surface area contributed by atoms with Gasteiger partial charge in [-0.3, -0.25) is 4.79 Å². The minimum absolute atomic E-state index is 0.207. The predicted octanol–water partition coefficient (Wildman–Crippen LogP) is 3.59. The van der Waals surface area contributed by atoms with Gasteiger partial charge in [0.2, 0.25) is 0 Å². The highest BCUT2D eigenvalue weighted by atomic mass is 16.1. The van der Waals surface area contributed by atoms with Gasteiger partial charge in [0.1, 0.15) is 5.78 Å². The first-order valence-electron chi connectivity index (χ1n) is 5.10. The first-order valence-corrected chi connectivity index (χ1v) is 5.10. The van der Waals surface area contributed by atoms with Crippen LogP contribution in [0.5, 0.6) is 0 Å². The number of rotatable bonds is 6. The van der Waals surface area contributed by atoms with Crippen LogP contribution < -0.4 is 0 Å². The van der Waals surface area contributed by atoms with Crippen molar-refractivity contribution in [3.63, 3.8) is 0 Å². The fourth-order valence-corrected chi connectivity index (χ4v) is 1.23. The van der Waals surface area contributed by atoms with Crippen LogP contribution in [-0.4, -0.2) is 5.78 Å². The molecule has 0 saturated carbocycles. The van der Waals surface area contributed by atoms with Crippen molar-refractivity contribution in [1.82, 2.24) is 0 Å². The normalized spacial score (nSPS) is 13.0. The van der Waals surface area contributed by atoms with Crippen molar-refractivity contribution < 1.29 is 4.79 Å². The Morgan fingerprint density at radius 1 is 1.31 bits per heavy atom. The second-order valence-electron chi connectivity index (χ2n) is 4.46. The molecule has 13 heavy (non-hydrogen) atoms. The number of Topliss-reactive ketones (excluding diaryl/α,β-unsaturated/α-hetero) is 1. The second-order valence-corrected chi connectivity index (χ2v) is 4.46. The summed E-state index contributed by atoms with van der Waals surface area (Å²) in [4.78, 5) is 11.5. The zero-order chi connectivity index (χ0) is 10.4. The van der Waals surface area contributed by atoms with Crippen LogP contribution in [0.1, 0.15) is 47.0 Å². The van der Waals surface area contributed by atoms with Crippen LogP contribution >= 0.6 is 0 Å². The Morgan fingerprint density at radius 2 is 1.85 bits per heavy atom. The van der Waals surface area contributed by atoms with Gasteiger partial charge in [-0.25, -0.2) is 0 Å². The predicted molar refractivity (Wildman–Crippen MR) is 57.7 cm³/mol. The van der Waals surface area contributed by atoms with Gasteiger partial charge in [0.05, 0.1) is 0 Å². The molecule has 0 amide bonds. The molecule has 0 fully saturated rings. The summed E-state index contributed by atoms with van der Waals surface area (Å²) in [6, 6.07) is 0. The Morgan fingerprint density at radius 3 is 2.23 bits per heavy atom. The van der Waals surface area contributed by atoms with Gasteiger partial charge in [0.25, 0.3) is 0 Å². The van der Waals surface area contributed by atoms with Gasteiger partial charge in [-0.15, -0.1) is 6.58 Å². The lowest BCUT2D eigenvalue weighted by Gasteiger charge is -2.11. The Kier molecular flexibility index (Phi) is 5.68. The molecular formula is C12H22O. The third kappa shape index (κ3) is 6.56. The number of allylic oxidation sites excluding steroid dienone is 1. The summed E-state index contributed by atoms with van der Waals surface area (Å²) >= 11 is 0. The Balaban J connectivity index is 3.76. The average molecular weight is 182 g/mol. The molecule has 0 spiro atoms. The molecule has 0 unspecified atom stereocenters. The fourth-order valence-electron chi connectivity index (χ4n) is 1.23. The maximum absolute atomic E-state index is 11.5. The molecule has 0 radical (unpaired) electrons. The lowest BCUT2D eigenvalue weighted by atomic mass is 9.93. The zero-order valence-electron chi connectivity index (χ0n) is 9.39. The lowest BCUT2D eigenvalue weighted by molar-refractivity contribution is -0.123. The quantitative estimate of drug-likeness (QED) is 0.574. The Hall–Kier alpha value is -0.590. The van der Waals surface area contributed by atoms with Crippen molar-refractivity contribution in [2.45, 2.75) is 47.0 Å². The Bertz CT molecular complexity index is 180. The molecule has 0 heterocycles. The number of carbonyl (C=O) groups is 1. The highest BCUT2D eigenvalue weighted by Crippen LogP contribution is 2.15. The minimum atomic E-state index is 0.207. The van der Waals surface area contributed by atoms with Crippen molar-refractivity contribution >= 4 is 5.78 Å². The SMILES string of the molecule is C=C(C)CC[C@H](C)C(=O)CC(C)C. The van der Waals surface area contributed by atoms with E-state index in [1.54, 1.807) is 0 Å². The van der Waals surface area contributed by atoms with Crippen LogP contribution in [0, 0.1) is 11.8 Å². The summed E-state index contributed by atoms with van der Waals surface area (Å²) in [6.45, 7) is 12.0. The lowest BCUT2D eigenvalue weighted by Crippen LogP contribution is -2.13. The van der Waals surface area contributed by atoms with E-state index in [1.165, 1.54) is 5.57 Å². The second kappa shape index (κ2) is 5.95. The molecule has 0 rings (SSSR count). The summed E-state index contributed by atoms with van der Waals surface area (Å²) in [5.74, 6) is 1.09. The molecule has 0 aliphatic carbocycles. The number of hydrogen-bond acceptors (Lipinski definition) is 1. The monoisotopic (exact) mass is 182 g/mol. The molecule has 0 N–H and O–H groups in total. The molecule has 76 valence electrons. The standard InChI is InChI=1S/C12H22O/c1-9(2)6-7-11(5)12(13)8-10(3)4/h10-11H,1,6-8H2,2-5H3/t11-/m0/s1. The molecule has 1 nitrogen and oxygen atoms in total. The van der Waals surface area contributed by atoms with Crippen LogP contribution in [-0.2, 0) is 4.79 Å². The topological polar surface area (TPSA) is 17.1 Å². The van der Waals surface area contributed by atoms with Crippen molar-refractivity contribution in [2.24, 2.45) is 11.8 Å². The number of ketones is 1. The van der Waals surface area contributed by atoms with Crippen LogP contribution in [0.2, 0.25) is 0 Å². The molecule has 0 saturated heterocycles. The van der Waals surface area contributed by atoms with Crippen molar-refractivity contribution in [3.8, 4) is 0 Å². The maximum Gasteiger partial charge on any atom is 0.135 e. The molecule has 1 heteroatoms. The summed E-state index contributed by atoms with van der Waals surface area (Å²) in [7, 11) is 0. The third-order valence-electron chi connectivity index (χ3n) is 2.16. The van der Waals surface area contributed by atoms with E-state index in [4.69, 9.17) is 0 Å². The summed E-state index contributed by atoms with van der Waals surface area (Å²) in [5.41, 5.74) is 1.17. The highest BCUT2D eigenvalue weighted by molar-refractivity contribution is 5.80. The van der Waals surface area contributed by atoms with E-state index in [9.17, 15) is 4.79 Å². The van der Waals surface area contributed by atoms with Crippen LogP contribution in [0.3, 0.4) is 0 Å². The zero-order valence-corrected chi connectivity index (χ0v) is 9.39. The summed E-state index contributed by atoms with van der Waals surface area (Å²) < 4.78 is 0. The van der Waals surface area contributed by atoms with E-state index >= 15 is 0 Å². The molecular weight excluding hydrogens is 160 g/mol. The molecule has 0 bridgehead atoms. The largest absolute Gasteiger partial charge is 0.299 e. The van der Waals surface area contributed by atoms with E-state index in [0.29, 0.717) is 11.7 Å². The molecule has 0 aliphatic heterocycles. The van der Waals surface area contributed by atoms with Gasteiger partial charge in [0.15, 0.2) is 0 Å². The van der Waals surface area contributed by atoms with E-state index in [0.717, 1.165) is 19.3 Å². The minimum Gasteiger partial charge on any atom is -0.299 e.